The van der Waals surface area contributed by atoms with E-state index in [1.807, 2.05) is 12.5 Å². The monoisotopic (exact) mass is 251 g/mol. The van der Waals surface area contributed by atoms with E-state index in [4.69, 9.17) is 5.73 Å². The largest absolute Gasteiger partial charge is 0.328 e. The van der Waals surface area contributed by atoms with Crippen molar-refractivity contribution in [3.05, 3.63) is 18.2 Å². The highest BCUT2D eigenvalue weighted by Gasteiger charge is 2.28. The van der Waals surface area contributed by atoms with Crippen molar-refractivity contribution in [2.24, 2.45) is 17.1 Å². The van der Waals surface area contributed by atoms with Crippen molar-refractivity contribution in [2.45, 2.75) is 59.9 Å². The fourth-order valence-corrected chi connectivity index (χ4v) is 2.64. The topological polar surface area (TPSA) is 43.8 Å². The Morgan fingerprint density at radius 3 is 2.33 bits per heavy atom. The van der Waals surface area contributed by atoms with Crippen molar-refractivity contribution in [1.82, 2.24) is 9.55 Å². The molecule has 0 fully saturated rings. The standard InChI is InChI=1S/C15H29N3/c1-12(2)7-15(6,10-16)18-11-17-9-13(18)8-14(3,4)5/h9,11-12H,7-8,10,16H2,1-6H3. The van der Waals surface area contributed by atoms with Gasteiger partial charge in [0.05, 0.1) is 11.9 Å². The Hall–Kier alpha value is -0.830. The Bertz CT molecular complexity index is 373. The van der Waals surface area contributed by atoms with Gasteiger partial charge in [0, 0.05) is 18.4 Å². The van der Waals surface area contributed by atoms with Gasteiger partial charge in [-0.25, -0.2) is 4.98 Å². The molecule has 1 aromatic rings. The Morgan fingerprint density at radius 1 is 1.28 bits per heavy atom. The Balaban J connectivity index is 3.04. The summed E-state index contributed by atoms with van der Waals surface area (Å²) in [5.74, 6) is 0.628. The number of hydrogen-bond acceptors (Lipinski definition) is 2. The van der Waals surface area contributed by atoms with Crippen molar-refractivity contribution < 1.29 is 0 Å². The SMILES string of the molecule is CC(C)CC(C)(CN)n1cncc1CC(C)(C)C. The second-order valence-electron chi connectivity index (χ2n) is 7.29. The molecule has 1 rings (SSSR count). The summed E-state index contributed by atoms with van der Waals surface area (Å²) in [5, 5.41) is 0. The van der Waals surface area contributed by atoms with Crippen LogP contribution in [-0.4, -0.2) is 16.1 Å². The molecule has 1 heterocycles. The molecule has 0 aliphatic carbocycles. The minimum absolute atomic E-state index is 0.0226. The summed E-state index contributed by atoms with van der Waals surface area (Å²) in [6, 6.07) is 0. The van der Waals surface area contributed by atoms with Crippen LogP contribution < -0.4 is 5.73 Å². The van der Waals surface area contributed by atoms with Gasteiger partial charge >= 0.3 is 0 Å². The van der Waals surface area contributed by atoms with Crippen LogP contribution in [0.2, 0.25) is 0 Å². The Morgan fingerprint density at radius 2 is 1.89 bits per heavy atom. The Kier molecular flexibility index (Phi) is 4.60. The van der Waals surface area contributed by atoms with E-state index in [2.05, 4.69) is 51.1 Å². The Labute approximate surface area is 112 Å². The zero-order valence-corrected chi connectivity index (χ0v) is 12.8. The van der Waals surface area contributed by atoms with Crippen molar-refractivity contribution >= 4 is 0 Å². The second-order valence-corrected chi connectivity index (χ2v) is 7.29. The molecule has 3 heteroatoms. The van der Waals surface area contributed by atoms with Crippen LogP contribution in [0.25, 0.3) is 0 Å². The number of hydrogen-bond donors (Lipinski definition) is 1. The van der Waals surface area contributed by atoms with Gasteiger partial charge in [0.25, 0.3) is 0 Å². The average Bonchev–Trinajstić information content (AvgIpc) is 2.62. The van der Waals surface area contributed by atoms with Gasteiger partial charge in [0.15, 0.2) is 0 Å². The molecule has 1 atom stereocenters. The predicted octanol–water partition coefficient (Wildman–Crippen LogP) is 3.19. The average molecular weight is 251 g/mol. The maximum Gasteiger partial charge on any atom is 0.0953 e. The predicted molar refractivity (Wildman–Crippen MR) is 77.5 cm³/mol. The maximum atomic E-state index is 6.03. The van der Waals surface area contributed by atoms with E-state index in [0.717, 1.165) is 12.8 Å². The highest BCUT2D eigenvalue weighted by Crippen LogP contribution is 2.28. The molecule has 0 saturated carbocycles. The maximum absolute atomic E-state index is 6.03. The molecule has 104 valence electrons. The molecule has 18 heavy (non-hydrogen) atoms. The molecule has 1 unspecified atom stereocenters. The zero-order chi connectivity index (χ0) is 14.0. The first-order valence-corrected chi connectivity index (χ1v) is 6.90. The first kappa shape index (κ1) is 15.2. The first-order chi connectivity index (χ1) is 8.18. The van der Waals surface area contributed by atoms with Gasteiger partial charge in [-0.3, -0.25) is 0 Å². The highest BCUT2D eigenvalue weighted by atomic mass is 15.1. The summed E-state index contributed by atoms with van der Waals surface area (Å²) < 4.78 is 2.29. The zero-order valence-electron chi connectivity index (χ0n) is 12.8. The van der Waals surface area contributed by atoms with E-state index in [1.165, 1.54) is 5.69 Å². The van der Waals surface area contributed by atoms with E-state index in [9.17, 15) is 0 Å². The second kappa shape index (κ2) is 5.43. The number of imidazole rings is 1. The summed E-state index contributed by atoms with van der Waals surface area (Å²) in [6.07, 6.45) is 6.04. The van der Waals surface area contributed by atoms with E-state index in [1.54, 1.807) is 0 Å². The molecular formula is C15H29N3. The van der Waals surface area contributed by atoms with Gasteiger partial charge < -0.3 is 10.3 Å². The van der Waals surface area contributed by atoms with Gasteiger partial charge in [-0.2, -0.15) is 0 Å². The summed E-state index contributed by atoms with van der Waals surface area (Å²) in [6.45, 7) is 14.1. The van der Waals surface area contributed by atoms with Crippen LogP contribution >= 0.6 is 0 Å². The molecule has 0 aliphatic rings. The summed E-state index contributed by atoms with van der Waals surface area (Å²) >= 11 is 0. The summed E-state index contributed by atoms with van der Waals surface area (Å²) in [7, 11) is 0. The molecule has 0 aromatic carbocycles. The van der Waals surface area contributed by atoms with E-state index < -0.39 is 0 Å². The van der Waals surface area contributed by atoms with Gasteiger partial charge in [0.1, 0.15) is 0 Å². The molecule has 0 radical (unpaired) electrons. The number of nitrogens with zero attached hydrogens (tertiary/aromatic N) is 2. The summed E-state index contributed by atoms with van der Waals surface area (Å²) in [5.41, 5.74) is 7.57. The van der Waals surface area contributed by atoms with Crippen LogP contribution in [0.15, 0.2) is 12.5 Å². The van der Waals surface area contributed by atoms with Crippen LogP contribution in [0, 0.1) is 11.3 Å². The molecule has 0 amide bonds. The molecule has 0 aliphatic heterocycles. The normalized spacial score (nSPS) is 16.0. The molecule has 0 saturated heterocycles. The molecule has 0 spiro atoms. The van der Waals surface area contributed by atoms with Crippen LogP contribution in [0.5, 0.6) is 0 Å². The van der Waals surface area contributed by atoms with Crippen molar-refractivity contribution in [3.8, 4) is 0 Å². The molecule has 0 bridgehead atoms. The van der Waals surface area contributed by atoms with Gasteiger partial charge in [-0.15, -0.1) is 0 Å². The fourth-order valence-electron chi connectivity index (χ4n) is 2.64. The molecule has 2 N–H and O–H groups in total. The van der Waals surface area contributed by atoms with Crippen LogP contribution in [0.1, 0.15) is 53.7 Å². The quantitative estimate of drug-likeness (QED) is 0.873. The number of nitrogens with two attached hydrogens (primary N) is 1. The summed E-state index contributed by atoms with van der Waals surface area (Å²) in [4.78, 5) is 4.34. The van der Waals surface area contributed by atoms with Gasteiger partial charge in [-0.05, 0) is 31.1 Å². The first-order valence-electron chi connectivity index (χ1n) is 6.90. The molecular weight excluding hydrogens is 222 g/mol. The number of aromatic nitrogens is 2. The van der Waals surface area contributed by atoms with Gasteiger partial charge in [0.2, 0.25) is 0 Å². The lowest BCUT2D eigenvalue weighted by atomic mass is 9.87. The van der Waals surface area contributed by atoms with Gasteiger partial charge in [-0.1, -0.05) is 34.6 Å². The third kappa shape index (κ3) is 3.84. The minimum atomic E-state index is -0.0226. The number of rotatable bonds is 5. The lowest BCUT2D eigenvalue weighted by Gasteiger charge is -2.34. The van der Waals surface area contributed by atoms with E-state index in [-0.39, 0.29) is 11.0 Å². The van der Waals surface area contributed by atoms with Crippen molar-refractivity contribution in [2.75, 3.05) is 6.54 Å². The van der Waals surface area contributed by atoms with Crippen molar-refractivity contribution in [1.29, 1.82) is 0 Å². The lowest BCUT2D eigenvalue weighted by molar-refractivity contribution is 0.251. The van der Waals surface area contributed by atoms with Crippen LogP contribution in [0.3, 0.4) is 0 Å². The van der Waals surface area contributed by atoms with E-state index >= 15 is 0 Å². The third-order valence-corrected chi connectivity index (χ3v) is 3.30. The van der Waals surface area contributed by atoms with E-state index in [0.29, 0.717) is 12.5 Å². The fraction of sp³-hybridized carbons (Fsp3) is 0.800. The van der Waals surface area contributed by atoms with Crippen LogP contribution in [-0.2, 0) is 12.0 Å². The van der Waals surface area contributed by atoms with Crippen LogP contribution in [0.4, 0.5) is 0 Å². The molecule has 3 nitrogen and oxygen atoms in total. The third-order valence-electron chi connectivity index (χ3n) is 3.30. The smallest absolute Gasteiger partial charge is 0.0953 e. The lowest BCUT2D eigenvalue weighted by Crippen LogP contribution is -2.40. The highest BCUT2D eigenvalue weighted by molar-refractivity contribution is 5.06. The minimum Gasteiger partial charge on any atom is -0.328 e. The molecule has 1 aromatic heterocycles. The van der Waals surface area contributed by atoms with Crippen molar-refractivity contribution in [3.63, 3.8) is 0 Å².